The number of nitrogens with zero attached hydrogens (tertiary/aromatic N) is 2. The topological polar surface area (TPSA) is 85.5 Å². The van der Waals surface area contributed by atoms with Gasteiger partial charge in [0.1, 0.15) is 4.60 Å². The fourth-order valence-corrected chi connectivity index (χ4v) is 2.19. The third kappa shape index (κ3) is 2.31. The van der Waals surface area contributed by atoms with Crippen LogP contribution in [0.5, 0.6) is 0 Å². The molecular weight excluding hydrogens is 302 g/mol. The van der Waals surface area contributed by atoms with E-state index in [9.17, 15) is 9.59 Å². The van der Waals surface area contributed by atoms with E-state index in [4.69, 9.17) is 5.73 Å². The van der Waals surface area contributed by atoms with Crippen molar-refractivity contribution in [1.82, 2.24) is 4.98 Å². The number of ether oxygens (including phenoxy) is 1. The number of hydrogen-bond donors (Lipinski definition) is 1. The zero-order chi connectivity index (χ0) is 13.3. The van der Waals surface area contributed by atoms with E-state index >= 15 is 0 Å². The van der Waals surface area contributed by atoms with Crippen LogP contribution in [0, 0.1) is 5.92 Å². The number of rotatable bonds is 2. The van der Waals surface area contributed by atoms with Gasteiger partial charge in [-0.1, -0.05) is 0 Å². The maximum atomic E-state index is 11.9. The van der Waals surface area contributed by atoms with Crippen LogP contribution in [0.4, 0.5) is 11.5 Å². The highest BCUT2D eigenvalue weighted by Crippen LogP contribution is 2.29. The van der Waals surface area contributed by atoms with Crippen LogP contribution < -0.4 is 10.6 Å². The minimum absolute atomic E-state index is 0.125. The van der Waals surface area contributed by atoms with Gasteiger partial charge in [-0.15, -0.1) is 0 Å². The third-order valence-corrected chi connectivity index (χ3v) is 3.23. The Morgan fingerprint density at radius 2 is 2.33 bits per heavy atom. The first-order valence-electron chi connectivity index (χ1n) is 5.33. The van der Waals surface area contributed by atoms with E-state index in [2.05, 4.69) is 25.7 Å². The standard InChI is InChI=1S/C11H12BrN3O3/c1-18-11(17)6-4-9(16)15(5-6)10-7(13)2-3-8(12)14-10/h2-3,6H,4-5,13H2,1H3. The van der Waals surface area contributed by atoms with Gasteiger partial charge in [0, 0.05) is 13.0 Å². The van der Waals surface area contributed by atoms with Crippen molar-refractivity contribution in [3.63, 3.8) is 0 Å². The molecule has 0 bridgehead atoms. The molecule has 7 heteroatoms. The second-order valence-electron chi connectivity index (χ2n) is 3.98. The fraction of sp³-hybridized carbons (Fsp3) is 0.364. The van der Waals surface area contributed by atoms with E-state index in [1.807, 2.05) is 0 Å². The van der Waals surface area contributed by atoms with Crippen molar-refractivity contribution < 1.29 is 14.3 Å². The highest BCUT2D eigenvalue weighted by atomic mass is 79.9. The van der Waals surface area contributed by atoms with E-state index in [0.29, 0.717) is 16.1 Å². The summed E-state index contributed by atoms with van der Waals surface area (Å²) in [7, 11) is 1.31. The summed E-state index contributed by atoms with van der Waals surface area (Å²) in [5, 5.41) is 0. The van der Waals surface area contributed by atoms with Gasteiger partial charge in [0.15, 0.2) is 5.82 Å². The first kappa shape index (κ1) is 12.8. The molecule has 0 aromatic carbocycles. The Morgan fingerprint density at radius 3 is 3.00 bits per heavy atom. The zero-order valence-corrected chi connectivity index (χ0v) is 11.3. The van der Waals surface area contributed by atoms with Crippen LogP contribution in [-0.4, -0.2) is 30.5 Å². The lowest BCUT2D eigenvalue weighted by molar-refractivity contribution is -0.145. The number of hydrogen-bond acceptors (Lipinski definition) is 5. The third-order valence-electron chi connectivity index (χ3n) is 2.79. The molecule has 6 nitrogen and oxygen atoms in total. The number of carbonyl (C=O) groups excluding carboxylic acids is 2. The number of amides is 1. The van der Waals surface area contributed by atoms with Crippen LogP contribution in [0.2, 0.25) is 0 Å². The minimum Gasteiger partial charge on any atom is -0.469 e. The second kappa shape index (κ2) is 4.93. The molecule has 0 radical (unpaired) electrons. The maximum Gasteiger partial charge on any atom is 0.311 e. The average molecular weight is 314 g/mol. The quantitative estimate of drug-likeness (QED) is 0.649. The van der Waals surface area contributed by atoms with Gasteiger partial charge in [0.05, 0.1) is 18.7 Å². The van der Waals surface area contributed by atoms with Crippen molar-refractivity contribution >= 4 is 39.3 Å². The molecule has 1 unspecified atom stereocenters. The Balaban J connectivity index is 2.27. The van der Waals surface area contributed by atoms with Crippen molar-refractivity contribution in [3.05, 3.63) is 16.7 Å². The van der Waals surface area contributed by atoms with Crippen molar-refractivity contribution in [2.75, 3.05) is 24.3 Å². The maximum absolute atomic E-state index is 11.9. The number of nitrogens with two attached hydrogens (primary N) is 1. The summed E-state index contributed by atoms with van der Waals surface area (Å²) in [6, 6.07) is 3.35. The van der Waals surface area contributed by atoms with Crippen LogP contribution in [0.1, 0.15) is 6.42 Å². The van der Waals surface area contributed by atoms with E-state index in [-0.39, 0.29) is 24.8 Å². The molecule has 1 aliphatic heterocycles. The largest absolute Gasteiger partial charge is 0.469 e. The zero-order valence-electron chi connectivity index (χ0n) is 9.72. The van der Waals surface area contributed by atoms with Gasteiger partial charge in [-0.25, -0.2) is 4.98 Å². The van der Waals surface area contributed by atoms with Crippen LogP contribution in [-0.2, 0) is 14.3 Å². The molecular formula is C11H12BrN3O3. The van der Waals surface area contributed by atoms with E-state index in [0.717, 1.165) is 0 Å². The molecule has 1 aromatic heterocycles. The fourth-order valence-electron chi connectivity index (χ4n) is 1.89. The van der Waals surface area contributed by atoms with Gasteiger partial charge in [0.25, 0.3) is 0 Å². The van der Waals surface area contributed by atoms with Gasteiger partial charge >= 0.3 is 5.97 Å². The summed E-state index contributed by atoms with van der Waals surface area (Å²) < 4.78 is 5.23. The van der Waals surface area contributed by atoms with Gasteiger partial charge in [-0.2, -0.15) is 0 Å². The molecule has 0 spiro atoms. The SMILES string of the molecule is COC(=O)C1CC(=O)N(c2nc(Br)ccc2N)C1. The Morgan fingerprint density at radius 1 is 1.61 bits per heavy atom. The smallest absolute Gasteiger partial charge is 0.311 e. The molecule has 2 rings (SSSR count). The second-order valence-corrected chi connectivity index (χ2v) is 4.79. The number of aromatic nitrogens is 1. The molecule has 96 valence electrons. The van der Waals surface area contributed by atoms with E-state index < -0.39 is 5.92 Å². The Hall–Kier alpha value is -1.63. The van der Waals surface area contributed by atoms with Crippen molar-refractivity contribution in [2.45, 2.75) is 6.42 Å². The normalized spacial score (nSPS) is 19.1. The van der Waals surface area contributed by atoms with Crippen molar-refractivity contribution in [1.29, 1.82) is 0 Å². The van der Waals surface area contributed by atoms with Crippen LogP contribution in [0.3, 0.4) is 0 Å². The first-order valence-corrected chi connectivity index (χ1v) is 6.12. The summed E-state index contributed by atoms with van der Waals surface area (Å²) in [4.78, 5) is 28.9. The van der Waals surface area contributed by atoms with Gasteiger partial charge in [-0.05, 0) is 28.1 Å². The predicted molar refractivity (Wildman–Crippen MR) is 68.8 cm³/mol. The molecule has 2 heterocycles. The highest BCUT2D eigenvalue weighted by molar-refractivity contribution is 9.10. The number of pyridine rings is 1. The summed E-state index contributed by atoms with van der Waals surface area (Å²) in [6.45, 7) is 0.249. The lowest BCUT2D eigenvalue weighted by Gasteiger charge is -2.17. The number of methoxy groups -OCH3 is 1. The number of anilines is 2. The van der Waals surface area contributed by atoms with Gasteiger partial charge in [0.2, 0.25) is 5.91 Å². The first-order chi connectivity index (χ1) is 8.52. The summed E-state index contributed by atoms with van der Waals surface area (Å²) in [5.74, 6) is -0.648. The molecule has 1 aromatic rings. The molecule has 2 N–H and O–H groups in total. The Bertz CT molecular complexity index is 506. The molecule has 0 aliphatic carbocycles. The molecule has 1 saturated heterocycles. The molecule has 18 heavy (non-hydrogen) atoms. The van der Waals surface area contributed by atoms with Crippen molar-refractivity contribution in [2.24, 2.45) is 5.92 Å². The van der Waals surface area contributed by atoms with Crippen LogP contribution in [0.25, 0.3) is 0 Å². The monoisotopic (exact) mass is 313 g/mol. The van der Waals surface area contributed by atoms with Gasteiger partial charge in [-0.3, -0.25) is 14.5 Å². The molecule has 0 saturated carbocycles. The number of halogens is 1. The van der Waals surface area contributed by atoms with E-state index in [1.54, 1.807) is 12.1 Å². The number of nitrogen functional groups attached to an aromatic ring is 1. The summed E-state index contributed by atoms with van der Waals surface area (Å²) in [5.41, 5.74) is 6.19. The number of esters is 1. The summed E-state index contributed by atoms with van der Waals surface area (Å²) >= 11 is 3.22. The minimum atomic E-state index is -0.456. The van der Waals surface area contributed by atoms with Crippen LogP contribution >= 0.6 is 15.9 Å². The van der Waals surface area contributed by atoms with Crippen molar-refractivity contribution in [3.8, 4) is 0 Å². The molecule has 1 aliphatic rings. The number of carbonyl (C=O) groups is 2. The van der Waals surface area contributed by atoms with Crippen LogP contribution in [0.15, 0.2) is 16.7 Å². The highest BCUT2D eigenvalue weighted by Gasteiger charge is 2.37. The Kier molecular flexibility index (Phi) is 3.51. The summed E-state index contributed by atoms with van der Waals surface area (Å²) in [6.07, 6.45) is 0.125. The van der Waals surface area contributed by atoms with E-state index in [1.165, 1.54) is 12.0 Å². The Labute approximate surface area is 112 Å². The molecule has 1 amide bonds. The lowest BCUT2D eigenvalue weighted by Crippen LogP contribution is -2.28. The molecule has 1 fully saturated rings. The average Bonchev–Trinajstić information content (AvgIpc) is 2.73. The predicted octanol–water partition coefficient (Wildman–Crippen LogP) is 0.952. The lowest BCUT2D eigenvalue weighted by atomic mass is 10.1. The van der Waals surface area contributed by atoms with Gasteiger partial charge < -0.3 is 10.5 Å². The molecule has 1 atom stereocenters.